The molecule has 0 bridgehead atoms. The first-order valence-electron chi connectivity index (χ1n) is 6.74. The van der Waals surface area contributed by atoms with Gasteiger partial charge in [-0.2, -0.15) is 5.26 Å². The molecule has 0 aliphatic rings. The molecule has 0 saturated heterocycles. The zero-order chi connectivity index (χ0) is 14.4. The lowest BCUT2D eigenvalue weighted by Gasteiger charge is -2.25. The number of rotatable bonds is 5. The summed E-state index contributed by atoms with van der Waals surface area (Å²) < 4.78 is 0. The molecule has 0 spiro atoms. The molecule has 0 unspecified atom stereocenters. The van der Waals surface area contributed by atoms with Crippen LogP contribution in [0.15, 0.2) is 48.5 Å². The average molecular weight is 265 g/mol. The minimum Gasteiger partial charge on any atom is -0.365 e. The van der Waals surface area contributed by atoms with E-state index in [0.29, 0.717) is 12.1 Å². The smallest absolute Gasteiger partial charge is 0.101 e. The molecule has 0 amide bonds. The quantitative estimate of drug-likeness (QED) is 0.904. The summed E-state index contributed by atoms with van der Waals surface area (Å²) in [5, 5.41) is 9.28. The minimum absolute atomic E-state index is 0.561. The van der Waals surface area contributed by atoms with Crippen LogP contribution in [0.2, 0.25) is 0 Å². The Kier molecular flexibility index (Phi) is 4.75. The number of anilines is 1. The minimum atomic E-state index is 0.561. The fourth-order valence-electron chi connectivity index (χ4n) is 2.24. The number of nitrogens with two attached hydrogens (primary N) is 1. The summed E-state index contributed by atoms with van der Waals surface area (Å²) in [7, 11) is 0. The van der Waals surface area contributed by atoms with Crippen LogP contribution in [0.5, 0.6) is 0 Å². The van der Waals surface area contributed by atoms with Crippen molar-refractivity contribution >= 4 is 5.69 Å². The van der Waals surface area contributed by atoms with Gasteiger partial charge in [-0.25, -0.2) is 0 Å². The summed E-state index contributed by atoms with van der Waals surface area (Å²) in [5.74, 6) is 0. The number of hydrogen-bond donors (Lipinski definition) is 1. The van der Waals surface area contributed by atoms with Gasteiger partial charge in [0.2, 0.25) is 0 Å². The van der Waals surface area contributed by atoms with Crippen molar-refractivity contribution in [2.24, 2.45) is 5.73 Å². The van der Waals surface area contributed by atoms with Gasteiger partial charge in [0.25, 0.3) is 0 Å². The first-order chi connectivity index (χ1) is 9.74. The second-order valence-electron chi connectivity index (χ2n) is 4.83. The Balaban J connectivity index is 2.33. The lowest BCUT2D eigenvalue weighted by Crippen LogP contribution is -2.29. The number of benzene rings is 2. The zero-order valence-corrected chi connectivity index (χ0v) is 11.7. The summed E-state index contributed by atoms with van der Waals surface area (Å²) in [6.45, 7) is 4.09. The third kappa shape index (κ3) is 3.37. The van der Waals surface area contributed by atoms with Gasteiger partial charge in [-0.1, -0.05) is 36.4 Å². The fourth-order valence-corrected chi connectivity index (χ4v) is 2.24. The van der Waals surface area contributed by atoms with E-state index >= 15 is 0 Å². The maximum atomic E-state index is 9.28. The summed E-state index contributed by atoms with van der Waals surface area (Å²) in [6, 6.07) is 18.4. The Hall–Kier alpha value is -2.31. The Bertz CT molecular complexity index is 599. The lowest BCUT2D eigenvalue weighted by molar-refractivity contribution is 0.788. The standard InChI is InChI=1S/C17H19N3/c1-14-7-8-16(12-19)17(11-14)20(10-9-18)13-15-5-3-2-4-6-15/h2-8,11H,9-10,13,18H2,1H3. The van der Waals surface area contributed by atoms with Gasteiger partial charge < -0.3 is 10.6 Å². The van der Waals surface area contributed by atoms with Crippen molar-refractivity contribution in [1.82, 2.24) is 0 Å². The van der Waals surface area contributed by atoms with Crippen LogP contribution in [0.25, 0.3) is 0 Å². The molecule has 0 atom stereocenters. The molecule has 3 heteroatoms. The molecule has 0 radical (unpaired) electrons. The first-order valence-corrected chi connectivity index (χ1v) is 6.74. The van der Waals surface area contributed by atoms with E-state index in [1.807, 2.05) is 37.3 Å². The molecule has 2 aromatic rings. The Labute approximate surface area is 120 Å². The number of nitrogens with zero attached hydrogens (tertiary/aromatic N) is 2. The van der Waals surface area contributed by atoms with Gasteiger partial charge >= 0.3 is 0 Å². The maximum Gasteiger partial charge on any atom is 0.101 e. The molecule has 0 aromatic heterocycles. The SMILES string of the molecule is Cc1ccc(C#N)c(N(CCN)Cc2ccccc2)c1. The molecule has 20 heavy (non-hydrogen) atoms. The van der Waals surface area contributed by atoms with Crippen molar-refractivity contribution < 1.29 is 0 Å². The Morgan fingerprint density at radius 2 is 1.90 bits per heavy atom. The van der Waals surface area contributed by atoms with Crippen LogP contribution in [-0.4, -0.2) is 13.1 Å². The van der Waals surface area contributed by atoms with Crippen molar-refractivity contribution in [3.8, 4) is 6.07 Å². The topological polar surface area (TPSA) is 53.0 Å². The van der Waals surface area contributed by atoms with Gasteiger partial charge in [0.1, 0.15) is 6.07 Å². The molecule has 0 aliphatic carbocycles. The molecule has 2 rings (SSSR count). The Morgan fingerprint density at radius 1 is 1.15 bits per heavy atom. The van der Waals surface area contributed by atoms with Gasteiger partial charge in [0.15, 0.2) is 0 Å². The van der Waals surface area contributed by atoms with E-state index in [0.717, 1.165) is 24.3 Å². The second-order valence-corrected chi connectivity index (χ2v) is 4.83. The van der Waals surface area contributed by atoms with Crippen LogP contribution in [0.1, 0.15) is 16.7 Å². The van der Waals surface area contributed by atoms with E-state index in [1.54, 1.807) is 0 Å². The van der Waals surface area contributed by atoms with Gasteiger partial charge in [-0.05, 0) is 30.2 Å². The van der Waals surface area contributed by atoms with Crippen LogP contribution in [0.3, 0.4) is 0 Å². The molecule has 0 fully saturated rings. The Morgan fingerprint density at radius 3 is 2.55 bits per heavy atom. The van der Waals surface area contributed by atoms with Crippen LogP contribution < -0.4 is 10.6 Å². The first kappa shape index (κ1) is 14.1. The molecule has 102 valence electrons. The maximum absolute atomic E-state index is 9.28. The van der Waals surface area contributed by atoms with Crippen LogP contribution in [-0.2, 0) is 6.54 Å². The van der Waals surface area contributed by atoms with E-state index in [-0.39, 0.29) is 0 Å². The molecule has 2 aromatic carbocycles. The largest absolute Gasteiger partial charge is 0.365 e. The van der Waals surface area contributed by atoms with Crippen molar-refractivity contribution in [1.29, 1.82) is 5.26 Å². The monoisotopic (exact) mass is 265 g/mol. The van der Waals surface area contributed by atoms with E-state index in [2.05, 4.69) is 29.2 Å². The third-order valence-electron chi connectivity index (χ3n) is 3.23. The third-order valence-corrected chi connectivity index (χ3v) is 3.23. The van der Waals surface area contributed by atoms with Crippen molar-refractivity contribution in [2.45, 2.75) is 13.5 Å². The highest BCUT2D eigenvalue weighted by Gasteiger charge is 2.11. The number of hydrogen-bond acceptors (Lipinski definition) is 3. The summed E-state index contributed by atoms with van der Waals surface area (Å²) in [4.78, 5) is 2.17. The van der Waals surface area contributed by atoms with E-state index in [1.165, 1.54) is 5.56 Å². The fraction of sp³-hybridized carbons (Fsp3) is 0.235. The van der Waals surface area contributed by atoms with E-state index in [9.17, 15) is 5.26 Å². The number of aryl methyl sites for hydroxylation is 1. The predicted molar refractivity (Wildman–Crippen MR) is 82.4 cm³/mol. The highest BCUT2D eigenvalue weighted by atomic mass is 15.1. The van der Waals surface area contributed by atoms with Crippen molar-refractivity contribution in [3.63, 3.8) is 0 Å². The average Bonchev–Trinajstić information content (AvgIpc) is 2.48. The number of nitriles is 1. The van der Waals surface area contributed by atoms with E-state index in [4.69, 9.17) is 5.73 Å². The molecule has 0 saturated carbocycles. The van der Waals surface area contributed by atoms with Crippen LogP contribution >= 0.6 is 0 Å². The summed E-state index contributed by atoms with van der Waals surface area (Å²) >= 11 is 0. The molecular formula is C17H19N3. The highest BCUT2D eigenvalue weighted by molar-refractivity contribution is 5.61. The van der Waals surface area contributed by atoms with E-state index < -0.39 is 0 Å². The molecular weight excluding hydrogens is 246 g/mol. The molecule has 0 aliphatic heterocycles. The molecule has 0 heterocycles. The zero-order valence-electron chi connectivity index (χ0n) is 11.7. The van der Waals surface area contributed by atoms with Crippen LogP contribution in [0, 0.1) is 18.3 Å². The highest BCUT2D eigenvalue weighted by Crippen LogP contribution is 2.23. The normalized spacial score (nSPS) is 10.1. The molecule has 3 nitrogen and oxygen atoms in total. The summed E-state index contributed by atoms with van der Waals surface area (Å²) in [6.07, 6.45) is 0. The van der Waals surface area contributed by atoms with Crippen LogP contribution in [0.4, 0.5) is 5.69 Å². The summed E-state index contributed by atoms with van der Waals surface area (Å²) in [5.41, 5.74) is 9.74. The van der Waals surface area contributed by atoms with Gasteiger partial charge in [0.05, 0.1) is 11.3 Å². The lowest BCUT2D eigenvalue weighted by atomic mass is 10.1. The predicted octanol–water partition coefficient (Wildman–Crippen LogP) is 2.83. The van der Waals surface area contributed by atoms with Gasteiger partial charge in [0, 0.05) is 19.6 Å². The van der Waals surface area contributed by atoms with Gasteiger partial charge in [-0.15, -0.1) is 0 Å². The molecule has 2 N–H and O–H groups in total. The van der Waals surface area contributed by atoms with Crippen molar-refractivity contribution in [2.75, 3.05) is 18.0 Å². The van der Waals surface area contributed by atoms with Gasteiger partial charge in [-0.3, -0.25) is 0 Å². The van der Waals surface area contributed by atoms with Crippen molar-refractivity contribution in [3.05, 3.63) is 65.2 Å². The second kappa shape index (κ2) is 6.74.